The van der Waals surface area contributed by atoms with E-state index in [0.29, 0.717) is 41.4 Å². The summed E-state index contributed by atoms with van der Waals surface area (Å²) in [5, 5.41) is 31.7. The average Bonchev–Trinajstić information content (AvgIpc) is 3.10. The van der Waals surface area contributed by atoms with Crippen molar-refractivity contribution in [2.24, 2.45) is 52.3 Å². The van der Waals surface area contributed by atoms with Crippen molar-refractivity contribution in [3.8, 4) is 0 Å². The molecule has 0 heterocycles. The first kappa shape index (κ1) is 24.5. The zero-order valence-corrected chi connectivity index (χ0v) is 20.9. The van der Waals surface area contributed by atoms with Crippen LogP contribution in [0.1, 0.15) is 105 Å². The molecule has 32 heavy (non-hydrogen) atoms. The average molecular weight is 449 g/mol. The Morgan fingerprint density at radius 2 is 1.69 bits per heavy atom. The molecular formula is C28H48O4. The minimum absolute atomic E-state index is 0.194. The highest BCUT2D eigenvalue weighted by Crippen LogP contribution is 2.69. The molecule has 0 aromatic heterocycles. The number of rotatable bonds is 7. The van der Waals surface area contributed by atoms with E-state index in [1.165, 1.54) is 32.1 Å². The number of hydrogen-bond donors (Lipinski definition) is 3. The number of fused-ring (bicyclic) bond motifs is 5. The van der Waals surface area contributed by atoms with E-state index in [9.17, 15) is 20.1 Å². The molecule has 0 spiro atoms. The van der Waals surface area contributed by atoms with Gasteiger partial charge >= 0.3 is 5.97 Å². The molecule has 0 aromatic carbocycles. The maximum Gasteiger partial charge on any atom is 0.303 e. The van der Waals surface area contributed by atoms with Crippen LogP contribution in [-0.2, 0) is 4.79 Å². The maximum atomic E-state index is 11.9. The number of hydrogen-bond acceptors (Lipinski definition) is 3. The van der Waals surface area contributed by atoms with Crippen molar-refractivity contribution in [3.63, 3.8) is 0 Å². The molecule has 0 bridgehead atoms. The molecule has 4 aliphatic carbocycles. The summed E-state index contributed by atoms with van der Waals surface area (Å²) in [5.74, 6) is 2.60. The quantitative estimate of drug-likeness (QED) is 0.453. The summed E-state index contributed by atoms with van der Waals surface area (Å²) < 4.78 is 0. The Morgan fingerprint density at radius 3 is 2.38 bits per heavy atom. The fourth-order valence-electron chi connectivity index (χ4n) is 9.77. The highest BCUT2D eigenvalue weighted by Gasteiger charge is 2.64. The number of aliphatic hydroxyl groups is 2. The number of carboxylic acid groups (broad SMARTS) is 1. The lowest BCUT2D eigenvalue weighted by molar-refractivity contribution is -0.204. The molecule has 4 saturated carbocycles. The summed E-state index contributed by atoms with van der Waals surface area (Å²) in [6.45, 7) is 9.51. The molecule has 0 amide bonds. The molecule has 4 aliphatic rings. The van der Waals surface area contributed by atoms with E-state index in [2.05, 4.69) is 27.7 Å². The lowest BCUT2D eigenvalue weighted by Gasteiger charge is -2.65. The predicted octanol–water partition coefficient (Wildman–Crippen LogP) is 5.89. The first-order valence-electron chi connectivity index (χ1n) is 13.7. The van der Waals surface area contributed by atoms with E-state index in [1.54, 1.807) is 0 Å². The lowest BCUT2D eigenvalue weighted by Crippen LogP contribution is -2.62. The molecule has 0 aromatic rings. The van der Waals surface area contributed by atoms with Gasteiger partial charge in [-0.25, -0.2) is 0 Å². The molecule has 4 rings (SSSR count). The smallest absolute Gasteiger partial charge is 0.303 e. The van der Waals surface area contributed by atoms with Crippen LogP contribution in [0, 0.1) is 52.3 Å². The van der Waals surface area contributed by atoms with Crippen molar-refractivity contribution >= 4 is 5.97 Å². The van der Waals surface area contributed by atoms with Crippen molar-refractivity contribution in [2.45, 2.75) is 117 Å². The van der Waals surface area contributed by atoms with Crippen LogP contribution in [0.4, 0.5) is 0 Å². The number of carboxylic acids is 1. The molecular weight excluding hydrogens is 400 g/mol. The van der Waals surface area contributed by atoms with E-state index in [0.717, 1.165) is 38.5 Å². The zero-order chi connectivity index (χ0) is 23.3. The van der Waals surface area contributed by atoms with Gasteiger partial charge in [0.2, 0.25) is 0 Å². The van der Waals surface area contributed by atoms with Crippen molar-refractivity contribution in [2.75, 3.05) is 0 Å². The van der Waals surface area contributed by atoms with Gasteiger partial charge in [-0.15, -0.1) is 0 Å². The third-order valence-corrected chi connectivity index (χ3v) is 11.4. The van der Waals surface area contributed by atoms with Crippen LogP contribution < -0.4 is 0 Å². The van der Waals surface area contributed by atoms with Crippen molar-refractivity contribution in [1.29, 1.82) is 0 Å². The van der Waals surface area contributed by atoms with Gasteiger partial charge in [0.15, 0.2) is 0 Å². The van der Waals surface area contributed by atoms with Crippen LogP contribution in [0.5, 0.6) is 0 Å². The second-order valence-electron chi connectivity index (χ2n) is 12.8. The number of unbranched alkanes of at least 4 members (excludes halogenated alkanes) is 1. The predicted molar refractivity (Wildman–Crippen MR) is 127 cm³/mol. The first-order valence-corrected chi connectivity index (χ1v) is 13.7. The van der Waals surface area contributed by atoms with Crippen LogP contribution >= 0.6 is 0 Å². The fraction of sp³-hybridized carbons (Fsp3) is 0.964. The van der Waals surface area contributed by atoms with E-state index in [1.807, 2.05) is 0 Å². The second kappa shape index (κ2) is 9.21. The highest BCUT2D eigenvalue weighted by molar-refractivity contribution is 5.66. The van der Waals surface area contributed by atoms with Gasteiger partial charge in [-0.05, 0) is 110 Å². The SMILES string of the molecule is CCCC[C@H]1[C@@H](O)[C@@H]2[C@H](CC[C@]3(C)[C@@H]([C@H](C)CCC(=O)O)CC[C@@H]23)[C@@]2(C)CC[C@@H](O)C[C@@H]12. The number of aliphatic carboxylic acids is 1. The van der Waals surface area contributed by atoms with Gasteiger partial charge in [0.05, 0.1) is 12.2 Å². The van der Waals surface area contributed by atoms with Crippen LogP contribution in [0.3, 0.4) is 0 Å². The van der Waals surface area contributed by atoms with Crippen molar-refractivity contribution in [3.05, 3.63) is 0 Å². The summed E-state index contributed by atoms with van der Waals surface area (Å²) in [5.41, 5.74) is 0.475. The molecule has 0 aliphatic heterocycles. The first-order chi connectivity index (χ1) is 15.1. The molecule has 0 unspecified atom stereocenters. The molecule has 4 fully saturated rings. The maximum absolute atomic E-state index is 11.9. The summed E-state index contributed by atoms with van der Waals surface area (Å²) in [7, 11) is 0. The molecule has 4 nitrogen and oxygen atoms in total. The lowest BCUT2D eigenvalue weighted by atomic mass is 9.41. The Hall–Kier alpha value is -0.610. The van der Waals surface area contributed by atoms with Crippen molar-refractivity contribution in [1.82, 2.24) is 0 Å². The molecule has 11 atom stereocenters. The van der Waals surface area contributed by atoms with Gasteiger partial charge < -0.3 is 15.3 Å². The Kier molecular flexibility index (Phi) is 7.05. The molecule has 184 valence electrons. The van der Waals surface area contributed by atoms with Gasteiger partial charge in [-0.1, -0.05) is 40.5 Å². The largest absolute Gasteiger partial charge is 0.481 e. The molecule has 4 heteroatoms. The minimum atomic E-state index is -0.680. The van der Waals surface area contributed by atoms with Crippen LogP contribution in [-0.4, -0.2) is 33.5 Å². The van der Waals surface area contributed by atoms with Crippen LogP contribution in [0.2, 0.25) is 0 Å². The van der Waals surface area contributed by atoms with Gasteiger partial charge in [-0.2, -0.15) is 0 Å². The third kappa shape index (κ3) is 3.96. The van der Waals surface area contributed by atoms with Gasteiger partial charge in [0.1, 0.15) is 0 Å². The second-order valence-corrected chi connectivity index (χ2v) is 12.8. The van der Waals surface area contributed by atoms with E-state index in [4.69, 9.17) is 0 Å². The standard InChI is InChI=1S/C28H48O4/c1-5-6-7-19-23-16-18(29)12-14-28(23,4)22-13-15-27(3)20(17(2)8-11-24(30)31)9-10-21(27)25(22)26(19)32/h17-23,25-26,29,32H,5-16H2,1-4H3,(H,30,31)/t17-,18-,19-,20-,21+,22+,23+,25+,26-,27-,28-/m1/s1. The van der Waals surface area contributed by atoms with Gasteiger partial charge in [0, 0.05) is 6.42 Å². The third-order valence-electron chi connectivity index (χ3n) is 11.4. The highest BCUT2D eigenvalue weighted by atomic mass is 16.4. The summed E-state index contributed by atoms with van der Waals surface area (Å²) in [4.78, 5) is 11.2. The Bertz CT molecular complexity index is 678. The normalized spacial score (nSPS) is 49.1. The van der Waals surface area contributed by atoms with Crippen molar-refractivity contribution < 1.29 is 20.1 Å². The minimum Gasteiger partial charge on any atom is -0.481 e. The Labute approximate surface area is 195 Å². The molecule has 0 radical (unpaired) electrons. The number of aliphatic hydroxyl groups excluding tert-OH is 2. The monoisotopic (exact) mass is 448 g/mol. The topological polar surface area (TPSA) is 77.8 Å². The Morgan fingerprint density at radius 1 is 1.00 bits per heavy atom. The van der Waals surface area contributed by atoms with E-state index < -0.39 is 5.97 Å². The van der Waals surface area contributed by atoms with Crippen LogP contribution in [0.25, 0.3) is 0 Å². The summed E-state index contributed by atoms with van der Waals surface area (Å²) in [6.07, 6.45) is 11.7. The van der Waals surface area contributed by atoms with Gasteiger partial charge in [0.25, 0.3) is 0 Å². The fourth-order valence-corrected chi connectivity index (χ4v) is 9.77. The van der Waals surface area contributed by atoms with Crippen LogP contribution in [0.15, 0.2) is 0 Å². The number of carbonyl (C=O) groups is 1. The Balaban J connectivity index is 1.62. The van der Waals surface area contributed by atoms with Gasteiger partial charge in [-0.3, -0.25) is 4.79 Å². The van der Waals surface area contributed by atoms with E-state index >= 15 is 0 Å². The van der Waals surface area contributed by atoms with E-state index in [-0.39, 0.29) is 29.5 Å². The molecule has 0 saturated heterocycles. The summed E-state index contributed by atoms with van der Waals surface area (Å²) in [6, 6.07) is 0. The molecule has 3 N–H and O–H groups in total. The zero-order valence-electron chi connectivity index (χ0n) is 20.9. The summed E-state index contributed by atoms with van der Waals surface area (Å²) >= 11 is 0.